The van der Waals surface area contributed by atoms with Crippen molar-refractivity contribution in [2.75, 3.05) is 34.2 Å². The molecule has 6 heteroatoms. The molecule has 0 amide bonds. The lowest BCUT2D eigenvalue weighted by Crippen LogP contribution is -2.16. The van der Waals surface area contributed by atoms with Crippen LogP contribution in [0.2, 0.25) is 0 Å². The third-order valence-corrected chi connectivity index (χ3v) is 5.55. The van der Waals surface area contributed by atoms with E-state index in [0.29, 0.717) is 28.6 Å². The maximum atomic E-state index is 12.5. The highest BCUT2D eigenvalue weighted by Gasteiger charge is 2.30. The lowest BCUT2D eigenvalue weighted by Gasteiger charge is -2.28. The number of aliphatic hydroxyl groups is 1. The predicted octanol–water partition coefficient (Wildman–Crippen LogP) is 3.09. The molecule has 0 aliphatic heterocycles. The van der Waals surface area contributed by atoms with Crippen molar-refractivity contribution in [2.45, 2.75) is 17.2 Å². The van der Waals surface area contributed by atoms with Gasteiger partial charge in [-0.2, -0.15) is 0 Å². The van der Waals surface area contributed by atoms with Crippen LogP contribution in [0.5, 0.6) is 17.2 Å². The van der Waals surface area contributed by atoms with E-state index in [1.807, 2.05) is 24.5 Å². The number of benzene rings is 1. The molecule has 0 fully saturated rings. The van der Waals surface area contributed by atoms with Gasteiger partial charge in [-0.3, -0.25) is 4.79 Å². The van der Waals surface area contributed by atoms with Crippen LogP contribution in [0.15, 0.2) is 34.0 Å². The number of methoxy groups -OCH3 is 3. The van der Waals surface area contributed by atoms with Crippen LogP contribution in [0.25, 0.3) is 11.1 Å². The Balaban J connectivity index is 2.41. The molecule has 1 N–H and O–H groups in total. The Kier molecular flexibility index (Phi) is 5.44. The second-order valence-electron chi connectivity index (χ2n) is 6.04. The maximum absolute atomic E-state index is 12.5. The second kappa shape index (κ2) is 7.60. The van der Waals surface area contributed by atoms with Crippen LogP contribution in [-0.4, -0.2) is 39.3 Å². The van der Waals surface area contributed by atoms with Crippen LogP contribution in [0.1, 0.15) is 17.0 Å². The number of ether oxygens (including phenoxy) is 3. The average molecular weight is 374 g/mol. The molecular formula is C20H22O5S. The van der Waals surface area contributed by atoms with E-state index in [9.17, 15) is 9.90 Å². The summed E-state index contributed by atoms with van der Waals surface area (Å²) in [5.41, 5.74) is 3.54. The van der Waals surface area contributed by atoms with Gasteiger partial charge >= 0.3 is 0 Å². The van der Waals surface area contributed by atoms with E-state index in [2.05, 4.69) is 0 Å². The van der Waals surface area contributed by atoms with E-state index in [0.717, 1.165) is 22.3 Å². The second-order valence-corrected chi connectivity index (χ2v) is 6.89. The van der Waals surface area contributed by atoms with Crippen LogP contribution in [0, 0.1) is 0 Å². The van der Waals surface area contributed by atoms with Crippen molar-refractivity contribution < 1.29 is 19.3 Å². The molecule has 0 aromatic heterocycles. The summed E-state index contributed by atoms with van der Waals surface area (Å²) in [6.07, 6.45) is 2.47. The highest BCUT2D eigenvalue weighted by atomic mass is 32.2. The third-order valence-electron chi connectivity index (χ3n) is 4.77. The average Bonchev–Trinajstić information content (AvgIpc) is 2.83. The van der Waals surface area contributed by atoms with E-state index in [4.69, 9.17) is 14.2 Å². The quantitative estimate of drug-likeness (QED) is 0.812. The summed E-state index contributed by atoms with van der Waals surface area (Å²) in [7, 11) is 4.74. The molecule has 3 rings (SSSR count). The molecule has 0 saturated heterocycles. The first-order chi connectivity index (χ1) is 12.6. The molecule has 0 heterocycles. The maximum Gasteiger partial charge on any atom is 0.203 e. The van der Waals surface area contributed by atoms with Crippen LogP contribution in [0.3, 0.4) is 0 Å². The van der Waals surface area contributed by atoms with Crippen molar-refractivity contribution in [3.63, 3.8) is 0 Å². The Morgan fingerprint density at radius 1 is 1.12 bits per heavy atom. The number of hydrogen-bond donors (Lipinski definition) is 1. The minimum atomic E-state index is -0.157. The Bertz CT molecular complexity index is 894. The fourth-order valence-corrected chi connectivity index (χ4v) is 4.03. The highest BCUT2D eigenvalue weighted by Crippen LogP contribution is 2.51. The molecule has 2 aromatic rings. The van der Waals surface area contributed by atoms with Crippen LogP contribution >= 0.6 is 11.8 Å². The molecular weight excluding hydrogens is 352 g/mol. The monoisotopic (exact) mass is 374 g/mol. The predicted molar refractivity (Wildman–Crippen MR) is 103 cm³/mol. The van der Waals surface area contributed by atoms with Gasteiger partial charge in [-0.05, 0) is 47.6 Å². The molecule has 1 unspecified atom stereocenters. The van der Waals surface area contributed by atoms with E-state index < -0.39 is 0 Å². The molecule has 1 atom stereocenters. The van der Waals surface area contributed by atoms with Crippen LogP contribution < -0.4 is 19.6 Å². The smallest absolute Gasteiger partial charge is 0.203 e. The lowest BCUT2D eigenvalue weighted by molar-refractivity contribution is 0.263. The summed E-state index contributed by atoms with van der Waals surface area (Å²) in [5, 5.41) is 9.92. The molecule has 0 spiro atoms. The van der Waals surface area contributed by atoms with Gasteiger partial charge in [0, 0.05) is 11.5 Å². The standard InChI is InChI=1S/C20H22O5S/c1-23-16-8-11-7-12(10-21)14-9-15(22)17(26-4)6-5-13(14)18(11)20(25-3)19(16)24-2/h5-6,8-9,12,21H,7,10H2,1-4H3. The highest BCUT2D eigenvalue weighted by molar-refractivity contribution is 7.98. The van der Waals surface area contributed by atoms with Gasteiger partial charge in [-0.25, -0.2) is 0 Å². The first-order valence-electron chi connectivity index (χ1n) is 8.24. The summed E-state index contributed by atoms with van der Waals surface area (Å²) in [6, 6.07) is 7.31. The Labute approximate surface area is 156 Å². The Morgan fingerprint density at radius 2 is 1.85 bits per heavy atom. The van der Waals surface area contributed by atoms with E-state index in [1.165, 1.54) is 11.8 Å². The third kappa shape index (κ3) is 2.93. The Hall–Kier alpha value is -2.18. The summed E-state index contributed by atoms with van der Waals surface area (Å²) >= 11 is 1.41. The zero-order chi connectivity index (χ0) is 18.8. The van der Waals surface area contributed by atoms with E-state index in [1.54, 1.807) is 27.4 Å². The zero-order valence-corrected chi connectivity index (χ0v) is 16.1. The molecule has 2 aromatic carbocycles. The molecule has 138 valence electrons. The normalized spacial score (nSPS) is 15.0. The first-order valence-corrected chi connectivity index (χ1v) is 9.47. The van der Waals surface area contributed by atoms with E-state index >= 15 is 0 Å². The van der Waals surface area contributed by atoms with Crippen molar-refractivity contribution in [1.29, 1.82) is 0 Å². The number of fused-ring (bicyclic) bond motifs is 3. The number of rotatable bonds is 5. The van der Waals surface area contributed by atoms with Gasteiger partial charge in [0.1, 0.15) is 0 Å². The van der Waals surface area contributed by atoms with Gasteiger partial charge in [0.05, 0.1) is 32.8 Å². The van der Waals surface area contributed by atoms with Gasteiger partial charge in [0.2, 0.25) is 5.75 Å². The first kappa shape index (κ1) is 18.6. The molecule has 1 aliphatic rings. The van der Waals surface area contributed by atoms with Crippen molar-refractivity contribution in [3.05, 3.63) is 45.6 Å². The molecule has 0 bridgehead atoms. The molecule has 26 heavy (non-hydrogen) atoms. The number of aliphatic hydroxyl groups excluding tert-OH is 1. The molecule has 1 aliphatic carbocycles. The van der Waals surface area contributed by atoms with Gasteiger partial charge in [-0.15, -0.1) is 11.8 Å². The van der Waals surface area contributed by atoms with Crippen molar-refractivity contribution in [3.8, 4) is 28.4 Å². The summed E-state index contributed by atoms with van der Waals surface area (Å²) < 4.78 is 16.6. The molecule has 0 radical (unpaired) electrons. The van der Waals surface area contributed by atoms with Gasteiger partial charge in [-0.1, -0.05) is 6.07 Å². The minimum absolute atomic E-state index is 0.0405. The zero-order valence-electron chi connectivity index (χ0n) is 15.3. The lowest BCUT2D eigenvalue weighted by atomic mass is 9.79. The molecule has 5 nitrogen and oxygen atoms in total. The van der Waals surface area contributed by atoms with Crippen LogP contribution in [0.4, 0.5) is 0 Å². The van der Waals surface area contributed by atoms with Gasteiger partial charge < -0.3 is 19.3 Å². The van der Waals surface area contributed by atoms with Gasteiger partial charge in [0.15, 0.2) is 16.9 Å². The van der Waals surface area contributed by atoms with Crippen molar-refractivity contribution in [1.82, 2.24) is 0 Å². The topological polar surface area (TPSA) is 65.0 Å². The SMILES string of the molecule is COc1cc2c(c(OC)c1OC)-c1ccc(SC)c(=O)cc1C(CO)C2. The van der Waals surface area contributed by atoms with Crippen LogP contribution in [-0.2, 0) is 6.42 Å². The summed E-state index contributed by atoms with van der Waals surface area (Å²) in [4.78, 5) is 13.2. The number of thioether (sulfide) groups is 1. The fraction of sp³-hybridized carbons (Fsp3) is 0.350. The van der Waals surface area contributed by atoms with Crippen molar-refractivity contribution in [2.24, 2.45) is 0 Å². The largest absolute Gasteiger partial charge is 0.493 e. The van der Waals surface area contributed by atoms with E-state index in [-0.39, 0.29) is 18.0 Å². The number of hydrogen-bond acceptors (Lipinski definition) is 6. The Morgan fingerprint density at radius 3 is 2.42 bits per heavy atom. The molecule has 0 saturated carbocycles. The summed E-state index contributed by atoms with van der Waals surface area (Å²) in [6.45, 7) is -0.0405. The van der Waals surface area contributed by atoms with Gasteiger partial charge in [0.25, 0.3) is 0 Å². The van der Waals surface area contributed by atoms with Crippen molar-refractivity contribution >= 4 is 11.8 Å². The minimum Gasteiger partial charge on any atom is -0.493 e. The fourth-order valence-electron chi connectivity index (χ4n) is 3.56. The summed E-state index contributed by atoms with van der Waals surface area (Å²) in [5.74, 6) is 1.51.